The lowest BCUT2D eigenvalue weighted by Crippen LogP contribution is -2.62. The summed E-state index contributed by atoms with van der Waals surface area (Å²) in [6.45, 7) is 5.28. The van der Waals surface area contributed by atoms with E-state index in [1.165, 1.54) is 0 Å². The van der Waals surface area contributed by atoms with Crippen molar-refractivity contribution in [3.63, 3.8) is 0 Å². The highest BCUT2D eigenvalue weighted by molar-refractivity contribution is 7.91. The number of aryl methyl sites for hydroxylation is 1. The topological polar surface area (TPSA) is 82.3 Å². The number of rotatable bonds is 1. The molecule has 0 N–H and O–H groups in total. The molecule has 1 spiro atoms. The van der Waals surface area contributed by atoms with Crippen LogP contribution >= 0.6 is 0 Å². The van der Waals surface area contributed by atoms with Crippen molar-refractivity contribution in [3.8, 4) is 0 Å². The van der Waals surface area contributed by atoms with Crippen molar-refractivity contribution in [3.05, 3.63) is 11.7 Å². The molecule has 0 radical (unpaired) electrons. The molecule has 106 valence electrons. The number of nitrogens with zero attached hydrogens (tertiary/aromatic N) is 3. The largest absolute Gasteiger partial charge is 0.358 e. The van der Waals surface area contributed by atoms with E-state index < -0.39 is 9.84 Å². The summed E-state index contributed by atoms with van der Waals surface area (Å²) in [5, 5.41) is 3.91. The molecule has 19 heavy (non-hydrogen) atoms. The lowest BCUT2D eigenvalue weighted by molar-refractivity contribution is -0.936. The van der Waals surface area contributed by atoms with E-state index >= 15 is 0 Å². The first kappa shape index (κ1) is 13.0. The van der Waals surface area contributed by atoms with Gasteiger partial charge in [-0.05, 0) is 0 Å². The molecule has 1 aromatic rings. The molecule has 8 heteroatoms. The molecule has 2 aliphatic rings. The smallest absolute Gasteiger partial charge is 0.223 e. The SMILES string of the molecule is Cc1nc(C2C[N+]3(CCO2)CCS(=O)(=O)CC3)no1. The van der Waals surface area contributed by atoms with Gasteiger partial charge in [-0.15, -0.1) is 0 Å². The van der Waals surface area contributed by atoms with Gasteiger partial charge in [-0.3, -0.25) is 0 Å². The van der Waals surface area contributed by atoms with E-state index in [1.54, 1.807) is 6.92 Å². The maximum Gasteiger partial charge on any atom is 0.223 e. The van der Waals surface area contributed by atoms with Crippen LogP contribution in [0.25, 0.3) is 0 Å². The van der Waals surface area contributed by atoms with Gasteiger partial charge in [-0.1, -0.05) is 5.16 Å². The van der Waals surface area contributed by atoms with E-state index in [9.17, 15) is 8.42 Å². The van der Waals surface area contributed by atoms with E-state index in [-0.39, 0.29) is 17.6 Å². The van der Waals surface area contributed by atoms with Crippen LogP contribution in [-0.2, 0) is 14.6 Å². The summed E-state index contributed by atoms with van der Waals surface area (Å²) in [5.74, 6) is 1.63. The van der Waals surface area contributed by atoms with Crippen LogP contribution in [0.5, 0.6) is 0 Å². The van der Waals surface area contributed by atoms with Crippen LogP contribution in [0.4, 0.5) is 0 Å². The number of hydrogen-bond acceptors (Lipinski definition) is 6. The van der Waals surface area contributed by atoms with E-state index in [2.05, 4.69) is 10.1 Å². The fraction of sp³-hybridized carbons (Fsp3) is 0.818. The van der Waals surface area contributed by atoms with Crippen molar-refractivity contribution in [2.75, 3.05) is 44.3 Å². The lowest BCUT2D eigenvalue weighted by Gasteiger charge is -2.45. The highest BCUT2D eigenvalue weighted by Crippen LogP contribution is 2.27. The van der Waals surface area contributed by atoms with Crippen molar-refractivity contribution < 1.29 is 22.2 Å². The van der Waals surface area contributed by atoms with Crippen LogP contribution in [0.3, 0.4) is 0 Å². The van der Waals surface area contributed by atoms with Gasteiger partial charge in [0.05, 0.1) is 31.2 Å². The van der Waals surface area contributed by atoms with Gasteiger partial charge in [0.2, 0.25) is 11.7 Å². The average molecular weight is 288 g/mol. The minimum Gasteiger partial charge on any atom is -0.358 e. The highest BCUT2D eigenvalue weighted by atomic mass is 32.2. The van der Waals surface area contributed by atoms with Crippen molar-refractivity contribution >= 4 is 9.84 Å². The predicted molar refractivity (Wildman–Crippen MR) is 66.1 cm³/mol. The molecule has 1 aromatic heterocycles. The second-order valence-electron chi connectivity index (χ2n) is 5.38. The molecule has 2 aliphatic heterocycles. The highest BCUT2D eigenvalue weighted by Gasteiger charge is 2.42. The Labute approximate surface area is 112 Å². The quantitative estimate of drug-likeness (QED) is 0.660. The second kappa shape index (κ2) is 4.53. The van der Waals surface area contributed by atoms with Crippen LogP contribution in [0.1, 0.15) is 17.8 Å². The molecular weight excluding hydrogens is 270 g/mol. The van der Waals surface area contributed by atoms with Gasteiger partial charge in [-0.2, -0.15) is 4.98 Å². The summed E-state index contributed by atoms with van der Waals surface area (Å²) in [4.78, 5) is 4.21. The molecule has 2 saturated heterocycles. The number of morpholine rings is 1. The number of sulfone groups is 1. The third kappa shape index (κ3) is 2.65. The van der Waals surface area contributed by atoms with Crippen molar-refractivity contribution in [1.29, 1.82) is 0 Å². The fourth-order valence-electron chi connectivity index (χ4n) is 2.77. The van der Waals surface area contributed by atoms with Crippen LogP contribution in [0.2, 0.25) is 0 Å². The summed E-state index contributed by atoms with van der Waals surface area (Å²) >= 11 is 0. The van der Waals surface area contributed by atoms with Crippen LogP contribution in [-0.4, -0.2) is 67.3 Å². The van der Waals surface area contributed by atoms with Crippen molar-refractivity contribution in [1.82, 2.24) is 10.1 Å². The molecular formula is C11H18N3O4S+. The van der Waals surface area contributed by atoms with E-state index in [4.69, 9.17) is 9.26 Å². The third-order valence-electron chi connectivity index (χ3n) is 4.02. The van der Waals surface area contributed by atoms with Gasteiger partial charge in [0.25, 0.3) is 0 Å². The summed E-state index contributed by atoms with van der Waals surface area (Å²) in [6, 6.07) is 0. The van der Waals surface area contributed by atoms with Gasteiger partial charge < -0.3 is 13.7 Å². The van der Waals surface area contributed by atoms with Gasteiger partial charge >= 0.3 is 0 Å². The molecule has 0 aromatic carbocycles. The number of aromatic nitrogens is 2. The maximum absolute atomic E-state index is 11.6. The first-order valence-electron chi connectivity index (χ1n) is 6.45. The minimum atomic E-state index is -2.84. The van der Waals surface area contributed by atoms with Gasteiger partial charge in [0.15, 0.2) is 15.9 Å². The van der Waals surface area contributed by atoms with Crippen molar-refractivity contribution in [2.24, 2.45) is 0 Å². The average Bonchev–Trinajstić information content (AvgIpc) is 2.81. The fourth-order valence-corrected chi connectivity index (χ4v) is 4.31. The molecule has 3 rings (SSSR count). The van der Waals surface area contributed by atoms with Gasteiger partial charge in [0, 0.05) is 6.92 Å². The first-order chi connectivity index (χ1) is 8.98. The monoisotopic (exact) mass is 288 g/mol. The lowest BCUT2D eigenvalue weighted by atomic mass is 10.2. The Hall–Kier alpha value is -0.990. The van der Waals surface area contributed by atoms with Gasteiger partial charge in [-0.25, -0.2) is 8.42 Å². The zero-order valence-electron chi connectivity index (χ0n) is 10.9. The summed E-state index contributed by atoms with van der Waals surface area (Å²) < 4.78 is 34.6. The van der Waals surface area contributed by atoms with Crippen molar-refractivity contribution in [2.45, 2.75) is 13.0 Å². The summed E-state index contributed by atoms with van der Waals surface area (Å²) in [5.41, 5.74) is 0. The molecule has 1 unspecified atom stereocenters. The van der Waals surface area contributed by atoms with E-state index in [1.807, 2.05) is 0 Å². The predicted octanol–water partition coefficient (Wildman–Crippen LogP) is -0.305. The van der Waals surface area contributed by atoms with Crippen LogP contribution in [0.15, 0.2) is 4.52 Å². The Morgan fingerprint density at radius 2 is 2.00 bits per heavy atom. The minimum absolute atomic E-state index is 0.188. The Bertz CT molecular complexity index is 554. The normalized spacial score (nSPS) is 29.4. The van der Waals surface area contributed by atoms with E-state index in [0.29, 0.717) is 31.4 Å². The molecule has 1 atom stereocenters. The Kier molecular flexibility index (Phi) is 3.11. The zero-order valence-corrected chi connectivity index (χ0v) is 11.7. The van der Waals surface area contributed by atoms with E-state index in [0.717, 1.165) is 17.6 Å². The zero-order chi connectivity index (χ0) is 13.5. The Morgan fingerprint density at radius 3 is 2.63 bits per heavy atom. The number of ether oxygens (including phenoxy) is 1. The molecule has 7 nitrogen and oxygen atoms in total. The van der Waals surface area contributed by atoms with Crippen LogP contribution < -0.4 is 0 Å². The first-order valence-corrected chi connectivity index (χ1v) is 8.28. The number of hydrogen-bond donors (Lipinski definition) is 0. The Balaban J connectivity index is 1.75. The number of quaternary nitrogens is 1. The maximum atomic E-state index is 11.6. The summed E-state index contributed by atoms with van der Waals surface area (Å²) in [6.07, 6.45) is -0.188. The molecule has 0 amide bonds. The Morgan fingerprint density at radius 1 is 1.26 bits per heavy atom. The molecule has 3 heterocycles. The molecule has 2 fully saturated rings. The molecule has 0 bridgehead atoms. The van der Waals surface area contributed by atoms with Crippen LogP contribution in [0, 0.1) is 6.92 Å². The standard InChI is InChI=1S/C11H18N3O4S/c1-9-12-11(13-18-9)10-8-14(2-5-17-10)3-6-19(15,16)7-4-14/h10H,2-8H2,1H3/q+1. The molecule has 0 saturated carbocycles. The molecule has 0 aliphatic carbocycles. The van der Waals surface area contributed by atoms with Gasteiger partial charge in [0.1, 0.15) is 13.1 Å². The second-order valence-corrected chi connectivity index (χ2v) is 7.68. The third-order valence-corrected chi connectivity index (χ3v) is 5.63. The summed E-state index contributed by atoms with van der Waals surface area (Å²) in [7, 11) is -2.84.